The first-order valence-corrected chi connectivity index (χ1v) is 12.5. The van der Waals surface area contributed by atoms with Gasteiger partial charge >= 0.3 is 0 Å². The molecule has 3 atom stereocenters. The quantitative estimate of drug-likeness (QED) is 0.427. The van der Waals surface area contributed by atoms with Crippen LogP contribution in [0.25, 0.3) is 0 Å². The fourth-order valence-corrected chi connectivity index (χ4v) is 5.07. The summed E-state index contributed by atoms with van der Waals surface area (Å²) in [6.45, 7) is 5.23. The third-order valence-electron chi connectivity index (χ3n) is 6.18. The second-order valence-electron chi connectivity index (χ2n) is 8.99. The number of halogens is 1. The lowest BCUT2D eigenvalue weighted by atomic mass is 9.76. The maximum absolute atomic E-state index is 13.3. The molecule has 1 fully saturated rings. The van der Waals surface area contributed by atoms with Crippen molar-refractivity contribution in [1.82, 2.24) is 10.2 Å². The van der Waals surface area contributed by atoms with E-state index < -0.39 is 0 Å². The first-order valence-electron chi connectivity index (χ1n) is 11.6. The minimum Gasteiger partial charge on any atom is -0.484 e. The minimum atomic E-state index is -0.309. The Balaban J connectivity index is 1.33. The molecule has 9 heteroatoms. The first kappa shape index (κ1) is 25.2. The molecule has 35 heavy (non-hydrogen) atoms. The summed E-state index contributed by atoms with van der Waals surface area (Å²) in [6.07, 6.45) is 0.951. The lowest BCUT2D eigenvalue weighted by Gasteiger charge is -2.39. The number of ether oxygens (including phenoxy) is 3. The van der Waals surface area contributed by atoms with Gasteiger partial charge < -0.3 is 14.2 Å². The van der Waals surface area contributed by atoms with Crippen LogP contribution in [0.3, 0.4) is 0 Å². The number of anilines is 1. The second-order valence-corrected chi connectivity index (χ2v) is 10.0. The first-order chi connectivity index (χ1) is 16.9. The standard InChI is InChI=1S/C26H30FN3O4S/c1-16(2)22-12-19(17-4-8-20(27)9-5-17)13-34-25(22)18-6-10-21(11-7-18)33-14-23(31)28-26-30-29-24(35-26)15-32-3/h4-11,16,19,22,25H,12-15H2,1-3H3,(H,28,30,31)/t19-,22-,25-/m0/s1. The van der Waals surface area contributed by atoms with Gasteiger partial charge in [0.25, 0.3) is 5.91 Å². The Kier molecular flexibility index (Phi) is 8.43. The van der Waals surface area contributed by atoms with E-state index in [2.05, 4.69) is 29.4 Å². The molecule has 0 saturated carbocycles. The Morgan fingerprint density at radius 2 is 1.86 bits per heavy atom. The number of methoxy groups -OCH3 is 1. The van der Waals surface area contributed by atoms with Crippen LogP contribution < -0.4 is 10.1 Å². The van der Waals surface area contributed by atoms with E-state index >= 15 is 0 Å². The Morgan fingerprint density at radius 1 is 1.14 bits per heavy atom. The van der Waals surface area contributed by atoms with Crippen molar-refractivity contribution >= 4 is 22.4 Å². The topological polar surface area (TPSA) is 82.6 Å². The summed E-state index contributed by atoms with van der Waals surface area (Å²) in [5.74, 6) is 1.07. The number of rotatable bonds is 9. The maximum Gasteiger partial charge on any atom is 0.264 e. The van der Waals surface area contributed by atoms with E-state index in [4.69, 9.17) is 14.2 Å². The highest BCUT2D eigenvalue weighted by molar-refractivity contribution is 7.15. The Hall–Kier alpha value is -2.88. The highest BCUT2D eigenvalue weighted by Crippen LogP contribution is 2.43. The zero-order valence-corrected chi connectivity index (χ0v) is 20.9. The van der Waals surface area contributed by atoms with Crippen LogP contribution in [0, 0.1) is 17.7 Å². The van der Waals surface area contributed by atoms with Crippen LogP contribution in [0.4, 0.5) is 9.52 Å². The molecule has 2 heterocycles. The lowest BCUT2D eigenvalue weighted by molar-refractivity contribution is -0.118. The van der Waals surface area contributed by atoms with E-state index in [0.717, 1.165) is 17.5 Å². The average Bonchev–Trinajstić information content (AvgIpc) is 3.30. The van der Waals surface area contributed by atoms with Crippen molar-refractivity contribution in [3.63, 3.8) is 0 Å². The Bertz CT molecular complexity index is 1100. The van der Waals surface area contributed by atoms with Crippen LogP contribution in [0.2, 0.25) is 0 Å². The van der Waals surface area contributed by atoms with Gasteiger partial charge in [0.2, 0.25) is 5.13 Å². The molecule has 1 N–H and O–H groups in total. The summed E-state index contributed by atoms with van der Waals surface area (Å²) in [6, 6.07) is 14.4. The van der Waals surface area contributed by atoms with E-state index in [1.54, 1.807) is 7.11 Å². The molecule has 186 valence electrons. The molecule has 0 spiro atoms. The van der Waals surface area contributed by atoms with Crippen LogP contribution in [0.1, 0.15) is 48.4 Å². The molecule has 2 aromatic carbocycles. The second kappa shape index (κ2) is 11.7. The third-order valence-corrected chi connectivity index (χ3v) is 6.99. The number of hydrogen-bond acceptors (Lipinski definition) is 7. The molecular weight excluding hydrogens is 469 g/mol. The molecule has 0 bridgehead atoms. The van der Waals surface area contributed by atoms with E-state index in [1.807, 2.05) is 36.4 Å². The number of benzene rings is 2. The zero-order valence-electron chi connectivity index (χ0n) is 20.1. The van der Waals surface area contributed by atoms with Crippen molar-refractivity contribution < 1.29 is 23.4 Å². The number of nitrogens with one attached hydrogen (secondary N) is 1. The monoisotopic (exact) mass is 499 g/mol. The molecule has 1 amide bonds. The SMILES string of the molecule is COCc1nnc(NC(=O)COc2ccc([C@@H]3OC[C@@H](c4ccc(F)cc4)C[C@H]3C(C)C)cc2)s1. The smallest absolute Gasteiger partial charge is 0.264 e. The van der Waals surface area contributed by atoms with Crippen LogP contribution in [-0.4, -0.2) is 36.4 Å². The molecule has 1 saturated heterocycles. The fraction of sp³-hybridized carbons (Fsp3) is 0.423. The van der Waals surface area contributed by atoms with Gasteiger partial charge in [-0.1, -0.05) is 49.4 Å². The maximum atomic E-state index is 13.3. The predicted molar refractivity (Wildman–Crippen MR) is 132 cm³/mol. The average molecular weight is 500 g/mol. The Labute approximate surface area is 208 Å². The van der Waals surface area contributed by atoms with Gasteiger partial charge in [-0.3, -0.25) is 10.1 Å². The molecule has 7 nitrogen and oxygen atoms in total. The van der Waals surface area contributed by atoms with Crippen LogP contribution in [0.15, 0.2) is 48.5 Å². The van der Waals surface area contributed by atoms with Crippen molar-refractivity contribution in [3.05, 3.63) is 70.5 Å². The molecule has 0 radical (unpaired) electrons. The molecule has 1 aliphatic heterocycles. The molecule has 0 aliphatic carbocycles. The molecule has 4 rings (SSSR count). The van der Waals surface area contributed by atoms with Gasteiger partial charge in [0.15, 0.2) is 6.61 Å². The highest BCUT2D eigenvalue weighted by Gasteiger charge is 2.35. The van der Waals surface area contributed by atoms with E-state index in [0.29, 0.717) is 40.9 Å². The normalized spacial score (nSPS) is 20.1. The van der Waals surface area contributed by atoms with E-state index in [9.17, 15) is 9.18 Å². The van der Waals surface area contributed by atoms with Crippen LogP contribution in [-0.2, 0) is 20.9 Å². The van der Waals surface area contributed by atoms with Gasteiger partial charge in [-0.15, -0.1) is 10.2 Å². The summed E-state index contributed by atoms with van der Waals surface area (Å²) in [5.41, 5.74) is 2.19. The van der Waals surface area contributed by atoms with Crippen molar-refractivity contribution in [2.45, 2.75) is 38.9 Å². The number of amides is 1. The molecule has 0 unspecified atom stereocenters. The van der Waals surface area contributed by atoms with Gasteiger partial charge in [-0.2, -0.15) is 0 Å². The summed E-state index contributed by atoms with van der Waals surface area (Å²) in [4.78, 5) is 12.2. The van der Waals surface area contributed by atoms with Crippen molar-refractivity contribution in [3.8, 4) is 5.75 Å². The molecule has 1 aliphatic rings. The summed E-state index contributed by atoms with van der Waals surface area (Å²) in [5, 5.41) is 11.6. The molecular formula is C26H30FN3O4S. The minimum absolute atomic E-state index is 0.0252. The van der Waals surface area contributed by atoms with Gasteiger partial charge in [0, 0.05) is 13.0 Å². The van der Waals surface area contributed by atoms with E-state index in [-0.39, 0.29) is 30.4 Å². The number of aromatic nitrogens is 2. The molecule has 3 aromatic rings. The zero-order chi connectivity index (χ0) is 24.8. The lowest BCUT2D eigenvalue weighted by Crippen LogP contribution is -2.31. The number of carbonyl (C=O) groups excluding carboxylic acids is 1. The van der Waals surface area contributed by atoms with Gasteiger partial charge in [0.05, 0.1) is 12.7 Å². The van der Waals surface area contributed by atoms with Crippen molar-refractivity contribution in [2.24, 2.45) is 11.8 Å². The fourth-order valence-electron chi connectivity index (χ4n) is 4.34. The van der Waals surface area contributed by atoms with Gasteiger partial charge in [0.1, 0.15) is 23.2 Å². The highest BCUT2D eigenvalue weighted by atomic mass is 32.1. The largest absolute Gasteiger partial charge is 0.484 e. The predicted octanol–water partition coefficient (Wildman–Crippen LogP) is 5.36. The summed E-state index contributed by atoms with van der Waals surface area (Å²) >= 11 is 1.26. The van der Waals surface area contributed by atoms with Crippen LogP contribution >= 0.6 is 11.3 Å². The Morgan fingerprint density at radius 3 is 2.54 bits per heavy atom. The molecule has 1 aromatic heterocycles. The van der Waals surface area contributed by atoms with Gasteiger partial charge in [-0.25, -0.2) is 4.39 Å². The summed E-state index contributed by atoms with van der Waals surface area (Å²) < 4.78 is 30.3. The number of nitrogens with zero attached hydrogens (tertiary/aromatic N) is 2. The van der Waals surface area contributed by atoms with Crippen LogP contribution in [0.5, 0.6) is 5.75 Å². The van der Waals surface area contributed by atoms with Crippen molar-refractivity contribution in [2.75, 3.05) is 25.6 Å². The summed E-state index contributed by atoms with van der Waals surface area (Å²) in [7, 11) is 1.58. The van der Waals surface area contributed by atoms with Crippen molar-refractivity contribution in [1.29, 1.82) is 0 Å². The third kappa shape index (κ3) is 6.62. The van der Waals surface area contributed by atoms with Gasteiger partial charge in [-0.05, 0) is 53.6 Å². The number of hydrogen-bond donors (Lipinski definition) is 1. The van der Waals surface area contributed by atoms with E-state index in [1.165, 1.54) is 23.5 Å². The number of carbonyl (C=O) groups is 1.